The first-order valence-corrected chi connectivity index (χ1v) is 8.04. The highest BCUT2D eigenvalue weighted by molar-refractivity contribution is 7.98. The second kappa shape index (κ2) is 7.70. The Bertz CT molecular complexity index is 639. The fraction of sp³-hybridized carbons (Fsp3) is 0.250. The molecule has 1 heterocycles. The molecule has 0 saturated carbocycles. The average Bonchev–Trinajstić information content (AvgIpc) is 3.01. The first kappa shape index (κ1) is 16.2. The van der Waals surface area contributed by atoms with Crippen LogP contribution in [0.5, 0.6) is 0 Å². The van der Waals surface area contributed by atoms with E-state index in [0.717, 1.165) is 5.56 Å². The smallest absolute Gasteiger partial charge is 0.303 e. The first-order valence-electron chi connectivity index (χ1n) is 6.81. The molecule has 1 unspecified atom stereocenters. The molecule has 0 spiro atoms. The Balaban J connectivity index is 2.11. The van der Waals surface area contributed by atoms with E-state index >= 15 is 0 Å². The van der Waals surface area contributed by atoms with E-state index in [1.807, 2.05) is 36.6 Å². The van der Waals surface area contributed by atoms with Crippen LogP contribution in [0.3, 0.4) is 0 Å². The maximum Gasteiger partial charge on any atom is 0.303 e. The van der Waals surface area contributed by atoms with Gasteiger partial charge < -0.3 is 14.8 Å². The highest BCUT2D eigenvalue weighted by atomic mass is 32.2. The number of rotatable bonds is 7. The fourth-order valence-electron chi connectivity index (χ4n) is 2.06. The van der Waals surface area contributed by atoms with E-state index in [2.05, 4.69) is 5.32 Å². The zero-order chi connectivity index (χ0) is 15.9. The number of benzene rings is 1. The van der Waals surface area contributed by atoms with Crippen LogP contribution < -0.4 is 5.32 Å². The number of carbonyl (C=O) groups excluding carboxylic acids is 1. The lowest BCUT2D eigenvalue weighted by molar-refractivity contribution is -0.137. The van der Waals surface area contributed by atoms with Crippen molar-refractivity contribution in [3.8, 4) is 0 Å². The number of carboxylic acid groups (broad SMARTS) is 1. The normalized spacial score (nSPS) is 11.9. The largest absolute Gasteiger partial charge is 0.481 e. The topological polar surface area (TPSA) is 79.5 Å². The zero-order valence-electron chi connectivity index (χ0n) is 12.1. The van der Waals surface area contributed by atoms with Crippen molar-refractivity contribution in [3.05, 3.63) is 53.8 Å². The number of nitrogens with one attached hydrogen (secondary N) is 1. The Hall–Kier alpha value is -2.21. The summed E-state index contributed by atoms with van der Waals surface area (Å²) in [6, 6.07) is 12.3. The van der Waals surface area contributed by atoms with Crippen molar-refractivity contribution in [3.63, 3.8) is 0 Å². The van der Waals surface area contributed by atoms with Crippen LogP contribution in [0.1, 0.15) is 35.0 Å². The molecule has 116 valence electrons. The van der Waals surface area contributed by atoms with E-state index in [9.17, 15) is 9.59 Å². The molecule has 5 nitrogen and oxygen atoms in total. The summed E-state index contributed by atoms with van der Waals surface area (Å²) in [5.41, 5.74) is 0.869. The van der Waals surface area contributed by atoms with Gasteiger partial charge in [0.05, 0.1) is 6.04 Å². The Morgan fingerprint density at radius 1 is 1.23 bits per heavy atom. The standard InChI is InChI=1S/C16H17NO4S/c1-22-15-10-8-13(21-15)16(20)17-12(7-9-14(18)19)11-5-3-2-4-6-11/h2-6,8,10,12H,7,9H2,1H3,(H,17,20)(H,18,19). The van der Waals surface area contributed by atoms with Gasteiger partial charge in [-0.1, -0.05) is 42.1 Å². The predicted octanol–water partition coefficient (Wildman–Crippen LogP) is 3.34. The van der Waals surface area contributed by atoms with Crippen LogP contribution in [0.15, 0.2) is 52.0 Å². The summed E-state index contributed by atoms with van der Waals surface area (Å²) in [5, 5.41) is 12.4. The Kier molecular flexibility index (Phi) is 5.66. The molecule has 2 N–H and O–H groups in total. The monoisotopic (exact) mass is 319 g/mol. The Morgan fingerprint density at radius 2 is 1.95 bits per heavy atom. The van der Waals surface area contributed by atoms with Crippen LogP contribution in [-0.2, 0) is 4.79 Å². The molecule has 0 fully saturated rings. The minimum atomic E-state index is -0.891. The van der Waals surface area contributed by atoms with Gasteiger partial charge in [0.1, 0.15) is 0 Å². The quantitative estimate of drug-likeness (QED) is 0.765. The maximum atomic E-state index is 12.2. The minimum absolute atomic E-state index is 0.0198. The van der Waals surface area contributed by atoms with Gasteiger partial charge in [0.15, 0.2) is 10.9 Å². The van der Waals surface area contributed by atoms with Gasteiger partial charge in [-0.05, 0) is 30.4 Å². The average molecular weight is 319 g/mol. The number of amides is 1. The van der Waals surface area contributed by atoms with Gasteiger partial charge in [-0.15, -0.1) is 0 Å². The van der Waals surface area contributed by atoms with E-state index in [4.69, 9.17) is 9.52 Å². The molecule has 0 aliphatic heterocycles. The summed E-state index contributed by atoms with van der Waals surface area (Å²) in [4.78, 5) is 23.0. The van der Waals surface area contributed by atoms with Crippen molar-refractivity contribution in [1.29, 1.82) is 0 Å². The summed E-state index contributed by atoms with van der Waals surface area (Å²) in [6.45, 7) is 0. The molecule has 0 aliphatic rings. The van der Waals surface area contributed by atoms with Crippen molar-refractivity contribution < 1.29 is 19.1 Å². The van der Waals surface area contributed by atoms with Crippen molar-refractivity contribution in [2.75, 3.05) is 6.26 Å². The number of carboxylic acids is 1. The summed E-state index contributed by atoms with van der Waals surface area (Å²) >= 11 is 1.41. The highest BCUT2D eigenvalue weighted by Crippen LogP contribution is 2.21. The molecule has 2 rings (SSSR count). The van der Waals surface area contributed by atoms with Crippen LogP contribution in [0, 0.1) is 0 Å². The molecule has 0 aliphatic carbocycles. The van der Waals surface area contributed by atoms with Crippen molar-refractivity contribution in [2.24, 2.45) is 0 Å². The molecule has 1 amide bonds. The summed E-state index contributed by atoms with van der Waals surface area (Å²) in [7, 11) is 0. The van der Waals surface area contributed by atoms with E-state index in [0.29, 0.717) is 11.5 Å². The van der Waals surface area contributed by atoms with E-state index < -0.39 is 5.97 Å². The fourth-order valence-corrected chi connectivity index (χ4v) is 2.43. The lowest BCUT2D eigenvalue weighted by Gasteiger charge is -2.17. The van der Waals surface area contributed by atoms with Gasteiger partial charge in [-0.25, -0.2) is 0 Å². The molecule has 0 bridgehead atoms. The molecular formula is C16H17NO4S. The molecule has 1 aromatic carbocycles. The van der Waals surface area contributed by atoms with Gasteiger partial charge in [0, 0.05) is 6.42 Å². The molecule has 22 heavy (non-hydrogen) atoms. The molecule has 0 radical (unpaired) electrons. The van der Waals surface area contributed by atoms with Gasteiger partial charge in [-0.2, -0.15) is 0 Å². The van der Waals surface area contributed by atoms with Crippen molar-refractivity contribution in [1.82, 2.24) is 5.32 Å². The number of carbonyl (C=O) groups is 2. The predicted molar refractivity (Wildman–Crippen MR) is 84.0 cm³/mol. The van der Waals surface area contributed by atoms with Gasteiger partial charge in [0.25, 0.3) is 5.91 Å². The molecule has 1 aromatic heterocycles. The van der Waals surface area contributed by atoms with E-state index in [1.165, 1.54) is 11.8 Å². The van der Waals surface area contributed by atoms with Gasteiger partial charge >= 0.3 is 5.97 Å². The van der Waals surface area contributed by atoms with Gasteiger partial charge in [-0.3, -0.25) is 9.59 Å². The summed E-state index contributed by atoms with van der Waals surface area (Å²) in [5.74, 6) is -1.02. The molecule has 1 atom stereocenters. The van der Waals surface area contributed by atoms with Crippen LogP contribution in [-0.4, -0.2) is 23.2 Å². The van der Waals surface area contributed by atoms with Crippen LogP contribution in [0.25, 0.3) is 0 Å². The Morgan fingerprint density at radius 3 is 2.55 bits per heavy atom. The van der Waals surface area contributed by atoms with Crippen LogP contribution in [0.4, 0.5) is 0 Å². The summed E-state index contributed by atoms with van der Waals surface area (Å²) in [6.07, 6.45) is 2.16. The van der Waals surface area contributed by atoms with E-state index in [1.54, 1.807) is 12.1 Å². The van der Waals surface area contributed by atoms with Gasteiger partial charge in [0.2, 0.25) is 0 Å². The third kappa shape index (κ3) is 4.39. The molecule has 0 saturated heterocycles. The number of hydrogen-bond acceptors (Lipinski definition) is 4. The lowest BCUT2D eigenvalue weighted by atomic mass is 10.0. The number of aliphatic carboxylic acids is 1. The van der Waals surface area contributed by atoms with Crippen molar-refractivity contribution >= 4 is 23.6 Å². The molecular weight excluding hydrogens is 302 g/mol. The second-order valence-corrected chi connectivity index (χ2v) is 5.50. The first-order chi connectivity index (χ1) is 10.6. The third-order valence-corrected chi connectivity index (χ3v) is 3.78. The maximum absolute atomic E-state index is 12.2. The van der Waals surface area contributed by atoms with E-state index in [-0.39, 0.29) is 24.1 Å². The third-order valence-electron chi connectivity index (χ3n) is 3.16. The van der Waals surface area contributed by atoms with Crippen molar-refractivity contribution in [2.45, 2.75) is 24.0 Å². The Labute approximate surface area is 132 Å². The number of hydrogen-bond donors (Lipinski definition) is 2. The lowest BCUT2D eigenvalue weighted by Crippen LogP contribution is -2.28. The molecule has 6 heteroatoms. The zero-order valence-corrected chi connectivity index (χ0v) is 12.9. The summed E-state index contributed by atoms with van der Waals surface area (Å²) < 4.78 is 5.39. The van der Waals surface area contributed by atoms with Crippen LogP contribution in [0.2, 0.25) is 0 Å². The minimum Gasteiger partial charge on any atom is -0.481 e. The SMILES string of the molecule is CSc1ccc(C(=O)NC(CCC(=O)O)c2ccccc2)o1. The molecule has 2 aromatic rings. The highest BCUT2D eigenvalue weighted by Gasteiger charge is 2.19. The number of furan rings is 1. The number of thioether (sulfide) groups is 1. The second-order valence-electron chi connectivity index (χ2n) is 4.69. The van der Waals surface area contributed by atoms with Crippen LogP contribution >= 0.6 is 11.8 Å².